The summed E-state index contributed by atoms with van der Waals surface area (Å²) in [5, 5.41) is 0. The molecule has 0 spiro atoms. The third kappa shape index (κ3) is 1.37. The van der Waals surface area contributed by atoms with E-state index in [0.717, 1.165) is 12.2 Å². The Bertz CT molecular complexity index is 468. The highest BCUT2D eigenvalue weighted by Crippen LogP contribution is 2.03. The van der Waals surface area contributed by atoms with E-state index in [0.29, 0.717) is 0 Å². The van der Waals surface area contributed by atoms with Crippen LogP contribution in [-0.2, 0) is 6.54 Å². The van der Waals surface area contributed by atoms with E-state index in [1.807, 2.05) is 41.9 Å². The first kappa shape index (κ1) is 8.81. The summed E-state index contributed by atoms with van der Waals surface area (Å²) < 4.78 is 3.55. The molecule has 3 nitrogen and oxygen atoms in total. The van der Waals surface area contributed by atoms with Crippen LogP contribution < -0.4 is 5.56 Å². The Labute approximate surface area is 82.2 Å². The zero-order valence-electron chi connectivity index (χ0n) is 8.05. The van der Waals surface area contributed by atoms with Gasteiger partial charge in [0.15, 0.2) is 0 Å². The Balaban J connectivity index is 2.61. The molecular formula is C11H12N2O. The van der Waals surface area contributed by atoms with Gasteiger partial charge in [-0.1, -0.05) is 18.2 Å². The molecule has 0 fully saturated rings. The minimum Gasteiger partial charge on any atom is -0.285 e. The largest absolute Gasteiger partial charge is 0.285 e. The van der Waals surface area contributed by atoms with Crippen molar-refractivity contribution in [3.8, 4) is 5.69 Å². The van der Waals surface area contributed by atoms with Crippen LogP contribution in [0.3, 0.4) is 0 Å². The van der Waals surface area contributed by atoms with Gasteiger partial charge in [-0.05, 0) is 19.1 Å². The van der Waals surface area contributed by atoms with Crippen LogP contribution in [0.1, 0.15) is 6.92 Å². The second-order valence-corrected chi connectivity index (χ2v) is 3.06. The molecule has 0 saturated heterocycles. The van der Waals surface area contributed by atoms with Crippen molar-refractivity contribution >= 4 is 0 Å². The van der Waals surface area contributed by atoms with Crippen molar-refractivity contribution in [2.75, 3.05) is 0 Å². The number of para-hydroxylation sites is 1. The number of nitrogens with zero attached hydrogens (tertiary/aromatic N) is 2. The third-order valence-corrected chi connectivity index (χ3v) is 2.18. The predicted molar refractivity (Wildman–Crippen MR) is 55.7 cm³/mol. The van der Waals surface area contributed by atoms with E-state index in [1.54, 1.807) is 16.9 Å². The van der Waals surface area contributed by atoms with Gasteiger partial charge < -0.3 is 0 Å². The standard InChI is InChI=1S/C11H12N2O/c1-2-12-9-8-11(14)13(12)10-6-4-3-5-7-10/h3-9H,2H2,1H3. The molecule has 0 aliphatic heterocycles. The minimum atomic E-state index is 0.0121. The normalized spacial score (nSPS) is 10.4. The van der Waals surface area contributed by atoms with E-state index < -0.39 is 0 Å². The number of aromatic nitrogens is 2. The molecule has 0 amide bonds. The molecule has 0 saturated carbocycles. The highest BCUT2D eigenvalue weighted by atomic mass is 16.1. The van der Waals surface area contributed by atoms with Crippen molar-refractivity contribution < 1.29 is 0 Å². The summed E-state index contributed by atoms with van der Waals surface area (Å²) in [6, 6.07) is 11.2. The second kappa shape index (κ2) is 3.54. The molecule has 14 heavy (non-hydrogen) atoms. The van der Waals surface area contributed by atoms with Crippen molar-refractivity contribution in [3.05, 3.63) is 52.9 Å². The molecule has 2 rings (SSSR count). The fourth-order valence-electron chi connectivity index (χ4n) is 1.51. The van der Waals surface area contributed by atoms with E-state index in [-0.39, 0.29) is 5.56 Å². The van der Waals surface area contributed by atoms with Crippen molar-refractivity contribution in [1.29, 1.82) is 0 Å². The summed E-state index contributed by atoms with van der Waals surface area (Å²) >= 11 is 0. The van der Waals surface area contributed by atoms with Gasteiger partial charge in [0.25, 0.3) is 5.56 Å². The zero-order chi connectivity index (χ0) is 9.97. The average molecular weight is 188 g/mol. The molecule has 0 N–H and O–H groups in total. The topological polar surface area (TPSA) is 26.9 Å². The first-order chi connectivity index (χ1) is 6.83. The van der Waals surface area contributed by atoms with Gasteiger partial charge in [-0.25, -0.2) is 4.68 Å². The van der Waals surface area contributed by atoms with Crippen LogP contribution in [-0.4, -0.2) is 9.36 Å². The smallest absolute Gasteiger partial charge is 0.271 e. The maximum atomic E-state index is 11.5. The predicted octanol–water partition coefficient (Wildman–Crippen LogP) is 1.66. The lowest BCUT2D eigenvalue weighted by atomic mass is 10.3. The maximum absolute atomic E-state index is 11.5. The van der Waals surface area contributed by atoms with E-state index in [9.17, 15) is 4.79 Å². The fraction of sp³-hybridized carbons (Fsp3) is 0.182. The Kier molecular flexibility index (Phi) is 2.23. The lowest BCUT2D eigenvalue weighted by Gasteiger charge is -2.08. The molecule has 0 unspecified atom stereocenters. The molecule has 1 aromatic carbocycles. The quantitative estimate of drug-likeness (QED) is 0.704. The Hall–Kier alpha value is -1.77. The van der Waals surface area contributed by atoms with Crippen LogP contribution in [0.2, 0.25) is 0 Å². The maximum Gasteiger partial charge on any atom is 0.271 e. The first-order valence-electron chi connectivity index (χ1n) is 4.67. The van der Waals surface area contributed by atoms with Crippen molar-refractivity contribution in [1.82, 2.24) is 9.36 Å². The SMILES string of the molecule is CCn1ccc(=O)n1-c1ccccc1. The van der Waals surface area contributed by atoms with Crippen molar-refractivity contribution in [3.63, 3.8) is 0 Å². The summed E-state index contributed by atoms with van der Waals surface area (Å²) in [6.07, 6.45) is 1.80. The molecule has 3 heteroatoms. The molecule has 0 radical (unpaired) electrons. The van der Waals surface area contributed by atoms with Crippen molar-refractivity contribution in [2.24, 2.45) is 0 Å². The summed E-state index contributed by atoms with van der Waals surface area (Å²) in [6.45, 7) is 2.80. The van der Waals surface area contributed by atoms with Gasteiger partial charge in [-0.15, -0.1) is 0 Å². The van der Waals surface area contributed by atoms with Crippen molar-refractivity contribution in [2.45, 2.75) is 13.5 Å². The molecule has 0 atom stereocenters. The summed E-state index contributed by atoms with van der Waals surface area (Å²) in [7, 11) is 0. The van der Waals surface area contributed by atoms with E-state index in [4.69, 9.17) is 0 Å². The van der Waals surface area contributed by atoms with E-state index in [2.05, 4.69) is 0 Å². The molecule has 0 aliphatic carbocycles. The zero-order valence-corrected chi connectivity index (χ0v) is 8.05. The lowest BCUT2D eigenvalue weighted by molar-refractivity contribution is 0.574. The van der Waals surface area contributed by atoms with Gasteiger partial charge in [-0.3, -0.25) is 9.48 Å². The number of hydrogen-bond donors (Lipinski definition) is 0. The van der Waals surface area contributed by atoms with Crippen LogP contribution in [0.25, 0.3) is 5.69 Å². The Morgan fingerprint density at radius 2 is 1.86 bits per heavy atom. The molecule has 0 bridgehead atoms. The van der Waals surface area contributed by atoms with Crippen LogP contribution in [0, 0.1) is 0 Å². The van der Waals surface area contributed by atoms with Gasteiger partial charge in [0, 0.05) is 18.8 Å². The highest BCUT2D eigenvalue weighted by molar-refractivity contribution is 5.30. The number of hydrogen-bond acceptors (Lipinski definition) is 1. The number of benzene rings is 1. The summed E-state index contributed by atoms with van der Waals surface area (Å²) in [4.78, 5) is 11.5. The molecule has 0 aliphatic rings. The highest BCUT2D eigenvalue weighted by Gasteiger charge is 2.02. The summed E-state index contributed by atoms with van der Waals surface area (Å²) in [5.74, 6) is 0. The van der Waals surface area contributed by atoms with Gasteiger partial charge in [-0.2, -0.15) is 0 Å². The minimum absolute atomic E-state index is 0.0121. The number of aryl methyl sites for hydroxylation is 1. The third-order valence-electron chi connectivity index (χ3n) is 2.18. The number of rotatable bonds is 2. The fourth-order valence-corrected chi connectivity index (χ4v) is 1.51. The van der Waals surface area contributed by atoms with E-state index >= 15 is 0 Å². The summed E-state index contributed by atoms with van der Waals surface area (Å²) in [5.41, 5.74) is 0.919. The van der Waals surface area contributed by atoms with Crippen LogP contribution in [0.15, 0.2) is 47.4 Å². The molecule has 72 valence electrons. The van der Waals surface area contributed by atoms with Crippen LogP contribution in [0.5, 0.6) is 0 Å². The van der Waals surface area contributed by atoms with Gasteiger partial charge in [0.05, 0.1) is 5.69 Å². The van der Waals surface area contributed by atoms with Crippen LogP contribution >= 0.6 is 0 Å². The Morgan fingerprint density at radius 3 is 2.50 bits per heavy atom. The molecule has 2 aromatic rings. The molecular weight excluding hydrogens is 176 g/mol. The average Bonchev–Trinajstić information content (AvgIpc) is 2.61. The van der Waals surface area contributed by atoms with E-state index in [1.165, 1.54) is 0 Å². The van der Waals surface area contributed by atoms with Crippen LogP contribution in [0.4, 0.5) is 0 Å². The second-order valence-electron chi connectivity index (χ2n) is 3.06. The Morgan fingerprint density at radius 1 is 1.14 bits per heavy atom. The monoisotopic (exact) mass is 188 g/mol. The van der Waals surface area contributed by atoms with Gasteiger partial charge in [0.1, 0.15) is 0 Å². The van der Waals surface area contributed by atoms with Gasteiger partial charge in [0.2, 0.25) is 0 Å². The van der Waals surface area contributed by atoms with Gasteiger partial charge >= 0.3 is 0 Å². The first-order valence-corrected chi connectivity index (χ1v) is 4.67. The lowest BCUT2D eigenvalue weighted by Crippen LogP contribution is -2.20. The molecule has 1 aromatic heterocycles. The molecule has 1 heterocycles.